The van der Waals surface area contributed by atoms with E-state index in [0.29, 0.717) is 5.76 Å². The predicted octanol–water partition coefficient (Wildman–Crippen LogP) is 1.50. The first-order valence-corrected chi connectivity index (χ1v) is 3.37. The smallest absolute Gasteiger partial charge is 0.331 e. The summed E-state index contributed by atoms with van der Waals surface area (Å²) < 4.78 is 0. The van der Waals surface area contributed by atoms with E-state index in [9.17, 15) is 4.79 Å². The topological polar surface area (TPSA) is 55.8 Å². The van der Waals surface area contributed by atoms with Crippen molar-refractivity contribution in [1.29, 1.82) is 0 Å². The molecule has 0 aromatic rings. The van der Waals surface area contributed by atoms with Crippen molar-refractivity contribution in [3.05, 3.63) is 23.5 Å². The molecule has 12 heavy (non-hydrogen) atoms. The minimum Gasteiger partial charge on any atom is -0.478 e. The van der Waals surface area contributed by atoms with E-state index < -0.39 is 5.97 Å². The summed E-state index contributed by atoms with van der Waals surface area (Å²) in [5.41, 5.74) is 0.244. The summed E-state index contributed by atoms with van der Waals surface area (Å²) in [7, 11) is 1.38. The van der Waals surface area contributed by atoms with E-state index in [-0.39, 0.29) is 5.57 Å². The molecule has 0 saturated heterocycles. The number of carboxylic acid groups (broad SMARTS) is 1. The van der Waals surface area contributed by atoms with Crippen LogP contribution in [-0.2, 0) is 14.6 Å². The zero-order valence-corrected chi connectivity index (χ0v) is 7.33. The van der Waals surface area contributed by atoms with Crippen molar-refractivity contribution in [2.24, 2.45) is 0 Å². The van der Waals surface area contributed by atoms with Gasteiger partial charge in [0.1, 0.15) is 5.76 Å². The molecule has 68 valence electrons. The third-order valence-corrected chi connectivity index (χ3v) is 1.12. The van der Waals surface area contributed by atoms with E-state index in [0.717, 1.165) is 0 Å². The predicted molar refractivity (Wildman–Crippen MR) is 43.2 cm³/mol. The van der Waals surface area contributed by atoms with Crippen molar-refractivity contribution in [3.8, 4) is 0 Å². The number of allylic oxidation sites excluding steroid dienone is 3. The Bertz CT molecular complexity index is 215. The molecular formula is C8H12O4. The van der Waals surface area contributed by atoms with Gasteiger partial charge in [0.15, 0.2) is 0 Å². The summed E-state index contributed by atoms with van der Waals surface area (Å²) in [5.74, 6) is -0.449. The summed E-state index contributed by atoms with van der Waals surface area (Å²) in [6, 6.07) is 0. The maximum atomic E-state index is 10.3. The Morgan fingerprint density at radius 2 is 1.92 bits per heavy atom. The molecule has 0 aliphatic carbocycles. The molecule has 0 aromatic heterocycles. The molecule has 0 fully saturated rings. The molecule has 0 unspecified atom stereocenters. The van der Waals surface area contributed by atoms with Crippen LogP contribution in [0.4, 0.5) is 0 Å². The Kier molecular flexibility index (Phi) is 4.79. The maximum Gasteiger partial charge on any atom is 0.331 e. The molecule has 0 aliphatic heterocycles. The zero-order valence-electron chi connectivity index (χ0n) is 7.33. The van der Waals surface area contributed by atoms with Crippen LogP contribution in [0.25, 0.3) is 0 Å². The number of hydrogen-bond donors (Lipinski definition) is 1. The van der Waals surface area contributed by atoms with Gasteiger partial charge in [-0.25, -0.2) is 4.79 Å². The largest absolute Gasteiger partial charge is 0.478 e. The Morgan fingerprint density at radius 3 is 2.33 bits per heavy atom. The molecule has 0 radical (unpaired) electrons. The van der Waals surface area contributed by atoms with Crippen molar-refractivity contribution < 1.29 is 19.7 Å². The number of aliphatic carboxylic acids is 1. The van der Waals surface area contributed by atoms with Crippen LogP contribution in [0.1, 0.15) is 13.8 Å². The summed E-state index contributed by atoms with van der Waals surface area (Å²) in [4.78, 5) is 19.2. The Labute approximate surface area is 71.0 Å². The average Bonchev–Trinajstić information content (AvgIpc) is 2.00. The van der Waals surface area contributed by atoms with Crippen molar-refractivity contribution in [1.82, 2.24) is 0 Å². The van der Waals surface area contributed by atoms with Crippen molar-refractivity contribution in [2.75, 3.05) is 7.11 Å². The van der Waals surface area contributed by atoms with Gasteiger partial charge in [0.25, 0.3) is 0 Å². The van der Waals surface area contributed by atoms with Gasteiger partial charge in [0.05, 0.1) is 7.11 Å². The SMILES string of the molecule is COO/C(C)=C/C=C(\C)C(=O)O. The third kappa shape index (κ3) is 4.51. The lowest BCUT2D eigenvalue weighted by Crippen LogP contribution is -1.95. The van der Waals surface area contributed by atoms with E-state index in [1.165, 1.54) is 26.2 Å². The van der Waals surface area contributed by atoms with Gasteiger partial charge in [0, 0.05) is 5.57 Å². The van der Waals surface area contributed by atoms with Gasteiger partial charge in [-0.3, -0.25) is 0 Å². The van der Waals surface area contributed by atoms with Crippen LogP contribution >= 0.6 is 0 Å². The highest BCUT2D eigenvalue weighted by Gasteiger charge is 1.96. The van der Waals surface area contributed by atoms with Crippen LogP contribution in [0.3, 0.4) is 0 Å². The van der Waals surface area contributed by atoms with E-state index in [2.05, 4.69) is 9.78 Å². The first-order chi connectivity index (χ1) is 5.57. The molecule has 0 spiro atoms. The molecule has 1 N–H and O–H groups in total. The lowest BCUT2D eigenvalue weighted by molar-refractivity contribution is -0.236. The standard InChI is InChI=1S/C8H12O4/c1-6(8(9)10)4-5-7(2)12-11-3/h4-5H,1-3H3,(H,9,10)/b6-4+,7-5+. The first-order valence-electron chi connectivity index (χ1n) is 3.37. The molecule has 0 bridgehead atoms. The summed E-state index contributed by atoms with van der Waals surface area (Å²) in [5, 5.41) is 8.46. The second-order valence-electron chi connectivity index (χ2n) is 2.18. The van der Waals surface area contributed by atoms with E-state index in [1.54, 1.807) is 6.92 Å². The number of carboxylic acids is 1. The average molecular weight is 172 g/mol. The Balaban J connectivity index is 4.17. The van der Waals surface area contributed by atoms with Crippen LogP contribution in [0.15, 0.2) is 23.5 Å². The monoisotopic (exact) mass is 172 g/mol. The highest BCUT2D eigenvalue weighted by molar-refractivity contribution is 5.86. The lowest BCUT2D eigenvalue weighted by Gasteiger charge is -1.97. The van der Waals surface area contributed by atoms with Crippen LogP contribution in [0.5, 0.6) is 0 Å². The first kappa shape index (κ1) is 10.7. The van der Waals surface area contributed by atoms with Crippen LogP contribution in [0, 0.1) is 0 Å². The summed E-state index contributed by atoms with van der Waals surface area (Å²) >= 11 is 0. The molecule has 0 heterocycles. The molecule has 0 saturated carbocycles. The molecule has 0 aliphatic rings. The molecule has 0 atom stereocenters. The Hall–Kier alpha value is -1.29. The zero-order chi connectivity index (χ0) is 9.56. The van der Waals surface area contributed by atoms with E-state index in [4.69, 9.17) is 5.11 Å². The highest BCUT2D eigenvalue weighted by atomic mass is 17.2. The summed E-state index contributed by atoms with van der Waals surface area (Å²) in [6.07, 6.45) is 2.96. The molecule has 0 amide bonds. The normalized spacial score (nSPS) is 12.9. The van der Waals surface area contributed by atoms with Gasteiger partial charge in [-0.2, -0.15) is 4.89 Å². The minimum atomic E-state index is -0.948. The molecular weight excluding hydrogens is 160 g/mol. The van der Waals surface area contributed by atoms with Gasteiger partial charge in [0.2, 0.25) is 0 Å². The van der Waals surface area contributed by atoms with Crippen LogP contribution in [-0.4, -0.2) is 18.2 Å². The molecule has 4 nitrogen and oxygen atoms in total. The fraction of sp³-hybridized carbons (Fsp3) is 0.375. The highest BCUT2D eigenvalue weighted by Crippen LogP contribution is 1.99. The second-order valence-corrected chi connectivity index (χ2v) is 2.18. The van der Waals surface area contributed by atoms with Gasteiger partial charge < -0.3 is 9.99 Å². The lowest BCUT2D eigenvalue weighted by atomic mass is 10.3. The molecule has 4 heteroatoms. The number of rotatable bonds is 4. The van der Waals surface area contributed by atoms with Crippen molar-refractivity contribution in [2.45, 2.75) is 13.8 Å². The Morgan fingerprint density at radius 1 is 1.33 bits per heavy atom. The maximum absolute atomic E-state index is 10.3. The number of hydrogen-bond acceptors (Lipinski definition) is 3. The van der Waals surface area contributed by atoms with E-state index in [1.807, 2.05) is 0 Å². The molecule has 0 rings (SSSR count). The van der Waals surface area contributed by atoms with Gasteiger partial charge in [-0.1, -0.05) is 0 Å². The van der Waals surface area contributed by atoms with E-state index >= 15 is 0 Å². The van der Waals surface area contributed by atoms with Crippen molar-refractivity contribution >= 4 is 5.97 Å². The fourth-order valence-corrected chi connectivity index (χ4v) is 0.473. The third-order valence-electron chi connectivity index (χ3n) is 1.12. The van der Waals surface area contributed by atoms with Gasteiger partial charge >= 0.3 is 5.97 Å². The summed E-state index contributed by atoms with van der Waals surface area (Å²) in [6.45, 7) is 3.16. The minimum absolute atomic E-state index is 0.244. The van der Waals surface area contributed by atoms with Crippen molar-refractivity contribution in [3.63, 3.8) is 0 Å². The van der Waals surface area contributed by atoms with Crippen LogP contribution < -0.4 is 0 Å². The second kappa shape index (κ2) is 5.37. The number of carbonyl (C=O) groups is 1. The van der Waals surface area contributed by atoms with Crippen LogP contribution in [0.2, 0.25) is 0 Å². The fourth-order valence-electron chi connectivity index (χ4n) is 0.473. The van der Waals surface area contributed by atoms with Gasteiger partial charge in [-0.15, -0.1) is 0 Å². The molecule has 0 aromatic carbocycles. The quantitative estimate of drug-likeness (QED) is 0.229. The van der Waals surface area contributed by atoms with Gasteiger partial charge in [-0.05, 0) is 26.0 Å².